The van der Waals surface area contributed by atoms with Crippen LogP contribution in [0.15, 0.2) is 60.7 Å². The van der Waals surface area contributed by atoms with Gasteiger partial charge in [0.05, 0.1) is 22.4 Å². The van der Waals surface area contributed by atoms with Crippen molar-refractivity contribution in [2.75, 3.05) is 5.32 Å². The maximum atomic E-state index is 13.0. The Kier molecular flexibility index (Phi) is 4.10. The van der Waals surface area contributed by atoms with Crippen LogP contribution in [0, 0.1) is 5.92 Å². The van der Waals surface area contributed by atoms with Gasteiger partial charge in [0.2, 0.25) is 5.91 Å². The first-order valence-corrected chi connectivity index (χ1v) is 9.56. The van der Waals surface area contributed by atoms with Gasteiger partial charge in [-0.25, -0.2) is 4.79 Å². The van der Waals surface area contributed by atoms with Crippen molar-refractivity contribution in [1.29, 1.82) is 0 Å². The number of hydrogen-bond acceptors (Lipinski definition) is 5. The molecule has 0 bridgehead atoms. The Labute approximate surface area is 171 Å². The van der Waals surface area contributed by atoms with Crippen molar-refractivity contribution in [1.82, 2.24) is 5.06 Å². The Morgan fingerprint density at radius 3 is 2.03 bits per heavy atom. The first kappa shape index (κ1) is 18.1. The lowest BCUT2D eigenvalue weighted by atomic mass is 10.0. The lowest BCUT2D eigenvalue weighted by Gasteiger charge is -2.16. The first-order valence-electron chi connectivity index (χ1n) is 9.56. The van der Waals surface area contributed by atoms with Gasteiger partial charge in [0.1, 0.15) is 0 Å². The number of imide groups is 1. The highest BCUT2D eigenvalue weighted by Crippen LogP contribution is 2.32. The molecule has 1 saturated carbocycles. The number of nitrogens with one attached hydrogen (secondary N) is 1. The number of benzene rings is 3. The Morgan fingerprint density at radius 1 is 0.867 bits per heavy atom. The smallest absolute Gasteiger partial charge is 0.325 e. The lowest BCUT2D eigenvalue weighted by molar-refractivity contribution is -0.117. The van der Waals surface area contributed by atoms with Gasteiger partial charge >= 0.3 is 5.97 Å². The molecule has 2 aliphatic rings. The number of anilines is 1. The van der Waals surface area contributed by atoms with Crippen LogP contribution in [0.2, 0.25) is 0 Å². The Bertz CT molecular complexity index is 1210. The van der Waals surface area contributed by atoms with Gasteiger partial charge in [-0.1, -0.05) is 41.5 Å². The number of amides is 3. The molecule has 5 rings (SSSR count). The fourth-order valence-electron chi connectivity index (χ4n) is 3.48. The van der Waals surface area contributed by atoms with E-state index in [1.165, 1.54) is 12.1 Å². The van der Waals surface area contributed by atoms with Crippen LogP contribution in [0.3, 0.4) is 0 Å². The molecule has 148 valence electrons. The van der Waals surface area contributed by atoms with Crippen molar-refractivity contribution in [3.8, 4) is 0 Å². The normalized spacial score (nSPS) is 15.3. The number of rotatable bonds is 4. The van der Waals surface area contributed by atoms with Gasteiger partial charge in [-0.05, 0) is 47.9 Å². The molecule has 1 heterocycles. The summed E-state index contributed by atoms with van der Waals surface area (Å²) in [5.41, 5.74) is 0.707. The second-order valence-electron chi connectivity index (χ2n) is 7.34. The van der Waals surface area contributed by atoms with E-state index in [1.54, 1.807) is 24.3 Å². The standard InChI is InChI=1S/C23H16N2O5/c26-20(13-9-10-13)24-19-12-15-6-2-1-5-14(15)11-18(19)23(29)30-25-21(27)16-7-3-4-8-17(16)22(25)28/h1-8,11-13H,9-10H2,(H,24,26). The van der Waals surface area contributed by atoms with E-state index in [0.717, 1.165) is 23.6 Å². The summed E-state index contributed by atoms with van der Waals surface area (Å²) >= 11 is 0. The highest BCUT2D eigenvalue weighted by Gasteiger charge is 2.39. The molecule has 1 aliphatic carbocycles. The molecule has 1 aliphatic heterocycles. The molecule has 0 saturated heterocycles. The van der Waals surface area contributed by atoms with E-state index >= 15 is 0 Å². The molecule has 7 nitrogen and oxygen atoms in total. The van der Waals surface area contributed by atoms with Crippen LogP contribution in [0.1, 0.15) is 43.9 Å². The minimum atomic E-state index is -0.902. The molecule has 0 aromatic heterocycles. The molecule has 3 aromatic carbocycles. The fraction of sp³-hybridized carbons (Fsp3) is 0.130. The van der Waals surface area contributed by atoms with Crippen LogP contribution in [0.5, 0.6) is 0 Å². The zero-order valence-corrected chi connectivity index (χ0v) is 15.8. The van der Waals surface area contributed by atoms with E-state index in [-0.39, 0.29) is 34.2 Å². The summed E-state index contributed by atoms with van der Waals surface area (Å²) in [5, 5.41) is 4.84. The van der Waals surface area contributed by atoms with Crippen LogP contribution in [0.25, 0.3) is 10.8 Å². The SMILES string of the molecule is O=C(ON1C(=O)c2ccccc2C1=O)c1cc2ccccc2cc1NC(=O)C1CC1. The quantitative estimate of drug-likeness (QED) is 0.676. The predicted molar refractivity (Wildman–Crippen MR) is 108 cm³/mol. The average molecular weight is 400 g/mol. The van der Waals surface area contributed by atoms with Crippen molar-refractivity contribution >= 4 is 40.2 Å². The van der Waals surface area contributed by atoms with Crippen molar-refractivity contribution in [3.63, 3.8) is 0 Å². The fourth-order valence-corrected chi connectivity index (χ4v) is 3.48. The molecule has 7 heteroatoms. The summed E-state index contributed by atoms with van der Waals surface area (Å²) in [6.07, 6.45) is 1.63. The Balaban J connectivity index is 1.49. The first-order chi connectivity index (χ1) is 14.5. The van der Waals surface area contributed by atoms with Gasteiger partial charge in [0.15, 0.2) is 0 Å². The van der Waals surface area contributed by atoms with E-state index in [1.807, 2.05) is 24.3 Å². The molecule has 0 radical (unpaired) electrons. The third kappa shape index (κ3) is 3.00. The van der Waals surface area contributed by atoms with Crippen LogP contribution in [-0.4, -0.2) is 28.8 Å². The van der Waals surface area contributed by atoms with Crippen molar-refractivity contribution in [3.05, 3.63) is 77.4 Å². The molecular formula is C23H16N2O5. The van der Waals surface area contributed by atoms with Crippen LogP contribution < -0.4 is 5.32 Å². The highest BCUT2D eigenvalue weighted by atomic mass is 16.7. The molecule has 0 unspecified atom stereocenters. The van der Waals surface area contributed by atoms with Gasteiger partial charge in [0.25, 0.3) is 11.8 Å². The van der Waals surface area contributed by atoms with Gasteiger partial charge in [-0.15, -0.1) is 0 Å². The van der Waals surface area contributed by atoms with Crippen molar-refractivity contribution in [2.45, 2.75) is 12.8 Å². The number of carbonyl (C=O) groups is 4. The van der Waals surface area contributed by atoms with E-state index in [0.29, 0.717) is 5.06 Å². The minimum absolute atomic E-state index is 0.0587. The van der Waals surface area contributed by atoms with Crippen molar-refractivity contribution in [2.24, 2.45) is 5.92 Å². The molecule has 3 amide bonds. The Morgan fingerprint density at radius 2 is 1.43 bits per heavy atom. The third-order valence-corrected chi connectivity index (χ3v) is 5.24. The van der Waals surface area contributed by atoms with E-state index in [9.17, 15) is 19.2 Å². The number of carbonyl (C=O) groups excluding carboxylic acids is 4. The number of hydrogen-bond donors (Lipinski definition) is 1. The Hall–Kier alpha value is -4.00. The van der Waals surface area contributed by atoms with Gasteiger partial charge in [-0.2, -0.15) is 0 Å². The molecule has 0 atom stereocenters. The van der Waals surface area contributed by atoms with Crippen LogP contribution in [-0.2, 0) is 9.63 Å². The summed E-state index contributed by atoms with van der Waals surface area (Å²) in [6.45, 7) is 0. The van der Waals surface area contributed by atoms with E-state index in [2.05, 4.69) is 5.32 Å². The molecular weight excluding hydrogens is 384 g/mol. The summed E-state index contributed by atoms with van der Waals surface area (Å²) in [7, 11) is 0. The number of fused-ring (bicyclic) bond motifs is 2. The summed E-state index contributed by atoms with van der Waals surface area (Å²) in [4.78, 5) is 55.5. The van der Waals surface area contributed by atoms with Crippen LogP contribution >= 0.6 is 0 Å². The molecule has 1 N–H and O–H groups in total. The molecule has 30 heavy (non-hydrogen) atoms. The number of nitrogens with zero attached hydrogens (tertiary/aromatic N) is 1. The van der Waals surface area contributed by atoms with Crippen LogP contribution in [0.4, 0.5) is 5.69 Å². The summed E-state index contributed by atoms with van der Waals surface area (Å²) in [6, 6.07) is 16.9. The summed E-state index contributed by atoms with van der Waals surface area (Å²) < 4.78 is 0. The maximum Gasteiger partial charge on any atom is 0.366 e. The highest BCUT2D eigenvalue weighted by molar-refractivity contribution is 6.21. The van der Waals surface area contributed by atoms with E-state index < -0.39 is 17.8 Å². The molecule has 3 aromatic rings. The number of hydroxylamine groups is 2. The predicted octanol–water partition coefficient (Wildman–Crippen LogP) is 3.56. The zero-order valence-electron chi connectivity index (χ0n) is 15.8. The molecule has 0 spiro atoms. The third-order valence-electron chi connectivity index (χ3n) is 5.24. The monoisotopic (exact) mass is 400 g/mol. The summed E-state index contributed by atoms with van der Waals surface area (Å²) in [5.74, 6) is -2.53. The minimum Gasteiger partial charge on any atom is -0.325 e. The average Bonchev–Trinajstić information content (AvgIpc) is 3.58. The largest absolute Gasteiger partial charge is 0.366 e. The van der Waals surface area contributed by atoms with Gasteiger partial charge in [0, 0.05) is 5.92 Å². The van der Waals surface area contributed by atoms with Crippen molar-refractivity contribution < 1.29 is 24.0 Å². The zero-order chi connectivity index (χ0) is 20.8. The maximum absolute atomic E-state index is 13.0. The van der Waals surface area contributed by atoms with Gasteiger partial charge in [-0.3, -0.25) is 14.4 Å². The van der Waals surface area contributed by atoms with E-state index in [4.69, 9.17) is 4.84 Å². The second-order valence-corrected chi connectivity index (χ2v) is 7.34. The molecule has 1 fully saturated rings. The second kappa shape index (κ2) is 6.81. The lowest BCUT2D eigenvalue weighted by Crippen LogP contribution is -2.33. The van der Waals surface area contributed by atoms with Gasteiger partial charge < -0.3 is 10.2 Å². The topological polar surface area (TPSA) is 92.8 Å².